The van der Waals surface area contributed by atoms with Crippen LogP contribution in [0.1, 0.15) is 79.1 Å². The molecule has 7 nitrogen and oxygen atoms in total. The van der Waals surface area contributed by atoms with Crippen molar-refractivity contribution in [2.24, 2.45) is 0 Å². The summed E-state index contributed by atoms with van der Waals surface area (Å²) >= 11 is 0. The van der Waals surface area contributed by atoms with Crippen molar-refractivity contribution in [1.29, 1.82) is 0 Å². The third-order valence-electron chi connectivity index (χ3n) is 7.74. The van der Waals surface area contributed by atoms with Crippen molar-refractivity contribution in [1.82, 2.24) is 20.0 Å². The molecule has 4 aliphatic rings. The number of rotatable bonds is 2. The summed E-state index contributed by atoms with van der Waals surface area (Å²) in [5.74, 6) is 0. The lowest BCUT2D eigenvalue weighted by atomic mass is 9.85. The van der Waals surface area contributed by atoms with Crippen molar-refractivity contribution in [2.45, 2.75) is 108 Å². The number of likely N-dealkylation sites (tertiary alicyclic amines) is 2. The summed E-state index contributed by atoms with van der Waals surface area (Å²) in [5.41, 5.74) is -0.316. The molecule has 1 aliphatic carbocycles. The van der Waals surface area contributed by atoms with Gasteiger partial charge < -0.3 is 19.9 Å². The third kappa shape index (κ3) is 4.41. The number of hydrogen-bond acceptors (Lipinski definition) is 4. The van der Waals surface area contributed by atoms with Crippen LogP contribution >= 0.6 is 0 Å². The first-order valence-corrected chi connectivity index (χ1v) is 12.0. The number of nitrogens with one attached hydrogen (secondary N) is 1. The molecule has 0 aromatic heterocycles. The van der Waals surface area contributed by atoms with Crippen molar-refractivity contribution >= 4 is 12.1 Å². The molecule has 3 aliphatic heterocycles. The number of hydrogen-bond donors (Lipinski definition) is 1. The molecule has 4 rings (SSSR count). The third-order valence-corrected chi connectivity index (χ3v) is 7.74. The Labute approximate surface area is 181 Å². The topological polar surface area (TPSA) is 65.1 Å². The van der Waals surface area contributed by atoms with Crippen LogP contribution in [0.3, 0.4) is 0 Å². The van der Waals surface area contributed by atoms with E-state index < -0.39 is 5.60 Å². The van der Waals surface area contributed by atoms with Gasteiger partial charge in [0, 0.05) is 37.8 Å². The highest BCUT2D eigenvalue weighted by atomic mass is 16.6. The van der Waals surface area contributed by atoms with Gasteiger partial charge in [0.1, 0.15) is 5.60 Å². The minimum absolute atomic E-state index is 0.129. The molecule has 1 N–H and O–H groups in total. The molecule has 2 atom stereocenters. The molecule has 30 heavy (non-hydrogen) atoms. The van der Waals surface area contributed by atoms with E-state index in [1.807, 2.05) is 25.7 Å². The maximum absolute atomic E-state index is 12.6. The standard InChI is InChI=1S/C23H40N4O3/c1-22(2,3)30-21(29)25-15-11-23(4,12-16-25)26-13-9-17(10-14-26)27-19-8-6-5-7-18(19)24-20(27)28/h17-19H,5-16H2,1-4H3,(H,24,28). The Bertz CT molecular complexity index is 645. The number of nitrogens with zero attached hydrogens (tertiary/aromatic N) is 3. The second kappa shape index (κ2) is 8.21. The summed E-state index contributed by atoms with van der Waals surface area (Å²) in [7, 11) is 0. The lowest BCUT2D eigenvalue weighted by Gasteiger charge is -2.50. The summed E-state index contributed by atoms with van der Waals surface area (Å²) < 4.78 is 5.55. The summed E-state index contributed by atoms with van der Waals surface area (Å²) in [6.45, 7) is 11.7. The first-order valence-electron chi connectivity index (χ1n) is 12.0. The van der Waals surface area contributed by atoms with E-state index in [9.17, 15) is 9.59 Å². The molecule has 3 amide bonds. The number of piperidine rings is 2. The van der Waals surface area contributed by atoms with Crippen molar-refractivity contribution in [3.63, 3.8) is 0 Å². The second-order valence-corrected chi connectivity index (χ2v) is 11.0. The maximum Gasteiger partial charge on any atom is 0.410 e. The van der Waals surface area contributed by atoms with Crippen LogP contribution in [0.5, 0.6) is 0 Å². The fourth-order valence-corrected chi connectivity index (χ4v) is 5.93. The van der Waals surface area contributed by atoms with E-state index in [2.05, 4.69) is 22.0 Å². The normalized spacial score (nSPS) is 30.7. The minimum Gasteiger partial charge on any atom is -0.444 e. The van der Waals surface area contributed by atoms with Crippen LogP contribution in [0.4, 0.5) is 9.59 Å². The summed E-state index contributed by atoms with van der Waals surface area (Å²) in [6, 6.07) is 1.33. The molecule has 170 valence electrons. The van der Waals surface area contributed by atoms with Gasteiger partial charge >= 0.3 is 12.1 Å². The molecule has 7 heteroatoms. The van der Waals surface area contributed by atoms with Crippen LogP contribution in [0.25, 0.3) is 0 Å². The van der Waals surface area contributed by atoms with Gasteiger partial charge in [-0.3, -0.25) is 4.90 Å². The number of carbonyl (C=O) groups excluding carboxylic acids is 2. The van der Waals surface area contributed by atoms with Crippen molar-refractivity contribution in [2.75, 3.05) is 26.2 Å². The number of fused-ring (bicyclic) bond motifs is 1. The summed E-state index contributed by atoms with van der Waals surface area (Å²) in [4.78, 5) is 31.7. The molecular formula is C23H40N4O3. The van der Waals surface area contributed by atoms with E-state index >= 15 is 0 Å². The Hall–Kier alpha value is -1.50. The van der Waals surface area contributed by atoms with Gasteiger partial charge in [0.15, 0.2) is 0 Å². The molecule has 4 fully saturated rings. The van der Waals surface area contributed by atoms with Gasteiger partial charge in [0.2, 0.25) is 0 Å². The Balaban J connectivity index is 1.29. The van der Waals surface area contributed by atoms with Crippen LogP contribution in [0, 0.1) is 0 Å². The number of ether oxygens (including phenoxy) is 1. The molecular weight excluding hydrogens is 380 g/mol. The zero-order valence-corrected chi connectivity index (χ0v) is 19.3. The van der Waals surface area contributed by atoms with Crippen molar-refractivity contribution in [3.05, 3.63) is 0 Å². The average molecular weight is 421 g/mol. The van der Waals surface area contributed by atoms with Crippen LogP contribution in [0.15, 0.2) is 0 Å². The summed E-state index contributed by atoms with van der Waals surface area (Å²) in [5, 5.41) is 3.24. The van der Waals surface area contributed by atoms with Gasteiger partial charge in [0.05, 0.1) is 12.1 Å². The fraction of sp³-hybridized carbons (Fsp3) is 0.913. The van der Waals surface area contributed by atoms with Gasteiger partial charge in [-0.2, -0.15) is 0 Å². The minimum atomic E-state index is -0.446. The molecule has 0 spiro atoms. The molecule has 1 saturated carbocycles. The average Bonchev–Trinajstić information content (AvgIpc) is 3.03. The molecule has 0 radical (unpaired) electrons. The highest BCUT2D eigenvalue weighted by Crippen LogP contribution is 2.36. The van der Waals surface area contributed by atoms with Crippen LogP contribution < -0.4 is 5.32 Å². The van der Waals surface area contributed by atoms with E-state index in [0.29, 0.717) is 18.1 Å². The van der Waals surface area contributed by atoms with Gasteiger partial charge in [-0.25, -0.2) is 9.59 Å². The fourth-order valence-electron chi connectivity index (χ4n) is 5.93. The van der Waals surface area contributed by atoms with Gasteiger partial charge in [0.25, 0.3) is 0 Å². The van der Waals surface area contributed by atoms with Gasteiger partial charge in [-0.1, -0.05) is 12.8 Å². The monoisotopic (exact) mass is 420 g/mol. The number of carbonyl (C=O) groups is 2. The van der Waals surface area contributed by atoms with Crippen LogP contribution in [0.2, 0.25) is 0 Å². The molecule has 0 aromatic rings. The second-order valence-electron chi connectivity index (χ2n) is 11.0. The highest BCUT2D eigenvalue weighted by Gasteiger charge is 2.46. The first-order chi connectivity index (χ1) is 14.2. The summed E-state index contributed by atoms with van der Waals surface area (Å²) in [6.07, 6.45) is 8.66. The van der Waals surface area contributed by atoms with Crippen LogP contribution in [-0.2, 0) is 4.74 Å². The predicted octanol–water partition coefficient (Wildman–Crippen LogP) is 3.58. The van der Waals surface area contributed by atoms with E-state index in [1.54, 1.807) is 0 Å². The number of urea groups is 1. The number of amides is 3. The zero-order chi connectivity index (χ0) is 21.5. The predicted molar refractivity (Wildman–Crippen MR) is 116 cm³/mol. The van der Waals surface area contributed by atoms with Crippen molar-refractivity contribution in [3.8, 4) is 0 Å². The van der Waals surface area contributed by atoms with E-state index in [-0.39, 0.29) is 17.7 Å². The van der Waals surface area contributed by atoms with Gasteiger partial charge in [-0.15, -0.1) is 0 Å². The molecule has 0 bridgehead atoms. The Kier molecular flexibility index (Phi) is 5.94. The van der Waals surface area contributed by atoms with Gasteiger partial charge in [-0.05, 0) is 66.2 Å². The zero-order valence-electron chi connectivity index (χ0n) is 19.3. The molecule has 0 aromatic carbocycles. The highest BCUT2D eigenvalue weighted by molar-refractivity contribution is 5.78. The molecule has 2 unspecified atom stereocenters. The van der Waals surface area contributed by atoms with E-state index in [1.165, 1.54) is 12.8 Å². The molecule has 3 heterocycles. The largest absolute Gasteiger partial charge is 0.444 e. The van der Waals surface area contributed by atoms with Crippen molar-refractivity contribution < 1.29 is 14.3 Å². The van der Waals surface area contributed by atoms with E-state index in [4.69, 9.17) is 4.74 Å². The lowest BCUT2D eigenvalue weighted by Crippen LogP contribution is -2.59. The smallest absolute Gasteiger partial charge is 0.410 e. The Morgan fingerprint density at radius 2 is 1.67 bits per heavy atom. The van der Waals surface area contributed by atoms with Crippen LogP contribution in [-0.4, -0.2) is 82.3 Å². The molecule has 3 saturated heterocycles. The Morgan fingerprint density at radius 3 is 2.30 bits per heavy atom. The quantitative estimate of drug-likeness (QED) is 0.742. The van der Waals surface area contributed by atoms with E-state index in [0.717, 1.165) is 64.7 Å². The first kappa shape index (κ1) is 21.7. The maximum atomic E-state index is 12.6. The lowest BCUT2D eigenvalue weighted by molar-refractivity contribution is -0.0141. The SMILES string of the molecule is CC(C)(C)OC(=O)N1CCC(C)(N2CCC(N3C(=O)NC4CCCCC43)CC2)CC1. The Morgan fingerprint density at radius 1 is 1.03 bits per heavy atom.